The number of aryl methyl sites for hydroxylation is 1. The van der Waals surface area contributed by atoms with Crippen LogP contribution in [0.5, 0.6) is 5.88 Å². The molecule has 2 aromatic rings. The Labute approximate surface area is 141 Å². The van der Waals surface area contributed by atoms with E-state index in [4.69, 9.17) is 4.74 Å². The van der Waals surface area contributed by atoms with Gasteiger partial charge in [0.25, 0.3) is 11.8 Å². The smallest absolute Gasteiger partial charge is 0.272 e. The van der Waals surface area contributed by atoms with Crippen LogP contribution in [-0.4, -0.2) is 63.3 Å². The molecule has 3 heterocycles. The Hall–Kier alpha value is -2.64. The van der Waals surface area contributed by atoms with Crippen molar-refractivity contribution in [1.29, 1.82) is 0 Å². The predicted molar refractivity (Wildman–Crippen MR) is 89.1 cm³/mol. The van der Waals surface area contributed by atoms with Crippen LogP contribution in [0.2, 0.25) is 0 Å². The first-order valence-electron chi connectivity index (χ1n) is 8.05. The van der Waals surface area contributed by atoms with Crippen LogP contribution in [0.1, 0.15) is 23.8 Å². The highest BCUT2D eigenvalue weighted by Gasteiger charge is 2.31. The fourth-order valence-corrected chi connectivity index (χ4v) is 2.95. The van der Waals surface area contributed by atoms with E-state index >= 15 is 0 Å². The van der Waals surface area contributed by atoms with Gasteiger partial charge in [-0.2, -0.15) is 5.10 Å². The van der Waals surface area contributed by atoms with Crippen molar-refractivity contribution in [1.82, 2.24) is 24.6 Å². The van der Waals surface area contributed by atoms with Crippen LogP contribution < -0.4 is 9.64 Å². The second-order valence-corrected chi connectivity index (χ2v) is 5.76. The van der Waals surface area contributed by atoms with Crippen molar-refractivity contribution in [2.24, 2.45) is 7.05 Å². The molecule has 2 aromatic heterocycles. The number of rotatable bonds is 5. The van der Waals surface area contributed by atoms with Crippen LogP contribution in [0, 0.1) is 0 Å². The van der Waals surface area contributed by atoms with E-state index in [2.05, 4.69) is 20.0 Å². The number of nitrogens with zero attached hydrogens (tertiary/aromatic N) is 6. The minimum absolute atomic E-state index is 0.0222. The number of hydrogen-bond donors (Lipinski definition) is 0. The normalized spacial score (nSPS) is 17.1. The van der Waals surface area contributed by atoms with Crippen molar-refractivity contribution in [2.75, 3.05) is 31.6 Å². The monoisotopic (exact) mass is 330 g/mol. The summed E-state index contributed by atoms with van der Waals surface area (Å²) >= 11 is 0. The summed E-state index contributed by atoms with van der Waals surface area (Å²) < 4.78 is 7.16. The Morgan fingerprint density at radius 1 is 1.38 bits per heavy atom. The zero-order valence-corrected chi connectivity index (χ0v) is 14.2. The summed E-state index contributed by atoms with van der Waals surface area (Å²) in [4.78, 5) is 25.2. The van der Waals surface area contributed by atoms with Gasteiger partial charge in [-0.1, -0.05) is 0 Å². The molecule has 1 atom stereocenters. The van der Waals surface area contributed by atoms with Crippen molar-refractivity contribution in [3.63, 3.8) is 0 Å². The molecule has 0 bridgehead atoms. The Bertz CT molecular complexity index is 716. The molecule has 8 nitrogen and oxygen atoms in total. The molecule has 3 rings (SSSR count). The Kier molecular flexibility index (Phi) is 4.64. The molecule has 0 aliphatic carbocycles. The predicted octanol–water partition coefficient (Wildman–Crippen LogP) is 0.960. The van der Waals surface area contributed by atoms with Crippen LogP contribution in [-0.2, 0) is 7.05 Å². The highest BCUT2D eigenvalue weighted by atomic mass is 16.5. The molecule has 1 unspecified atom stereocenters. The SMILES string of the molecule is CCOc1nccnc1N1CCC(N(C)C(=O)c2ccnn2C)C1. The maximum Gasteiger partial charge on any atom is 0.272 e. The minimum Gasteiger partial charge on any atom is -0.475 e. The average molecular weight is 330 g/mol. The molecule has 1 fully saturated rings. The van der Waals surface area contributed by atoms with Gasteiger partial charge in [-0.15, -0.1) is 0 Å². The number of aromatic nitrogens is 4. The van der Waals surface area contributed by atoms with Gasteiger partial charge in [0.05, 0.1) is 12.6 Å². The number of carbonyl (C=O) groups excluding carboxylic acids is 1. The van der Waals surface area contributed by atoms with Crippen LogP contribution in [0.15, 0.2) is 24.7 Å². The van der Waals surface area contributed by atoms with Gasteiger partial charge >= 0.3 is 0 Å². The second-order valence-electron chi connectivity index (χ2n) is 5.76. The summed E-state index contributed by atoms with van der Waals surface area (Å²) in [6.45, 7) is 3.98. The van der Waals surface area contributed by atoms with Crippen molar-refractivity contribution in [3.05, 3.63) is 30.4 Å². The first-order chi connectivity index (χ1) is 11.6. The van der Waals surface area contributed by atoms with Gasteiger partial charge in [-0.3, -0.25) is 9.48 Å². The Morgan fingerprint density at radius 3 is 2.88 bits per heavy atom. The highest BCUT2D eigenvalue weighted by molar-refractivity contribution is 5.92. The number of anilines is 1. The zero-order chi connectivity index (χ0) is 17.1. The minimum atomic E-state index is -0.0222. The zero-order valence-electron chi connectivity index (χ0n) is 14.2. The van der Waals surface area contributed by atoms with Gasteiger partial charge in [0.1, 0.15) is 5.69 Å². The Morgan fingerprint density at radius 2 is 2.17 bits per heavy atom. The summed E-state index contributed by atoms with van der Waals surface area (Å²) in [5.74, 6) is 1.26. The molecule has 0 saturated carbocycles. The lowest BCUT2D eigenvalue weighted by Gasteiger charge is -2.25. The average Bonchev–Trinajstić information content (AvgIpc) is 3.23. The molecule has 8 heteroatoms. The molecular weight excluding hydrogens is 308 g/mol. The molecule has 1 aliphatic rings. The Balaban J connectivity index is 1.71. The fraction of sp³-hybridized carbons (Fsp3) is 0.500. The number of amides is 1. The van der Waals surface area contributed by atoms with E-state index in [0.29, 0.717) is 24.7 Å². The van der Waals surface area contributed by atoms with Gasteiger partial charge in [0, 0.05) is 45.8 Å². The topological polar surface area (TPSA) is 76.4 Å². The van der Waals surface area contributed by atoms with E-state index < -0.39 is 0 Å². The van der Waals surface area contributed by atoms with Crippen molar-refractivity contribution < 1.29 is 9.53 Å². The lowest BCUT2D eigenvalue weighted by molar-refractivity contribution is 0.0734. The lowest BCUT2D eigenvalue weighted by Crippen LogP contribution is -2.40. The second kappa shape index (κ2) is 6.86. The van der Waals surface area contributed by atoms with Crippen molar-refractivity contribution >= 4 is 11.7 Å². The van der Waals surface area contributed by atoms with Crippen molar-refractivity contribution in [2.45, 2.75) is 19.4 Å². The molecule has 24 heavy (non-hydrogen) atoms. The van der Waals surface area contributed by atoms with E-state index in [1.54, 1.807) is 41.3 Å². The molecule has 1 saturated heterocycles. The quantitative estimate of drug-likeness (QED) is 0.813. The van der Waals surface area contributed by atoms with E-state index in [1.807, 2.05) is 14.0 Å². The molecule has 0 aromatic carbocycles. The molecule has 0 radical (unpaired) electrons. The standard InChI is InChI=1S/C16H22N6O2/c1-4-24-15-14(17-8-9-18-15)22-10-6-12(11-22)20(2)16(23)13-5-7-19-21(13)3/h5,7-9,12H,4,6,10-11H2,1-3H3. The molecule has 0 spiro atoms. The highest BCUT2D eigenvalue weighted by Crippen LogP contribution is 2.27. The third kappa shape index (κ3) is 3.04. The molecule has 0 N–H and O–H groups in total. The van der Waals surface area contributed by atoms with Crippen LogP contribution in [0.25, 0.3) is 0 Å². The summed E-state index contributed by atoms with van der Waals surface area (Å²) in [5, 5.41) is 4.07. The lowest BCUT2D eigenvalue weighted by atomic mass is 10.2. The number of ether oxygens (including phenoxy) is 1. The summed E-state index contributed by atoms with van der Waals surface area (Å²) in [7, 11) is 3.61. The van der Waals surface area contributed by atoms with Crippen LogP contribution in [0.4, 0.5) is 5.82 Å². The van der Waals surface area contributed by atoms with Crippen LogP contribution in [0.3, 0.4) is 0 Å². The third-order valence-corrected chi connectivity index (χ3v) is 4.30. The van der Waals surface area contributed by atoms with Gasteiger partial charge in [-0.25, -0.2) is 9.97 Å². The number of carbonyl (C=O) groups is 1. The third-order valence-electron chi connectivity index (χ3n) is 4.30. The molecule has 1 amide bonds. The van der Waals surface area contributed by atoms with Crippen LogP contribution >= 0.6 is 0 Å². The molecule has 128 valence electrons. The number of likely N-dealkylation sites (N-methyl/N-ethyl adjacent to an activating group) is 1. The van der Waals surface area contributed by atoms with E-state index in [1.165, 1.54) is 0 Å². The fourth-order valence-electron chi connectivity index (χ4n) is 2.95. The van der Waals surface area contributed by atoms with E-state index in [9.17, 15) is 4.79 Å². The van der Waals surface area contributed by atoms with Gasteiger partial charge in [-0.05, 0) is 19.4 Å². The van der Waals surface area contributed by atoms with Gasteiger partial charge in [0.15, 0.2) is 5.82 Å². The summed E-state index contributed by atoms with van der Waals surface area (Å²) in [5.41, 5.74) is 0.588. The number of hydrogen-bond acceptors (Lipinski definition) is 6. The van der Waals surface area contributed by atoms with E-state index in [0.717, 1.165) is 18.8 Å². The summed E-state index contributed by atoms with van der Waals surface area (Å²) in [6.07, 6.45) is 5.80. The van der Waals surface area contributed by atoms with Gasteiger partial charge in [0.2, 0.25) is 0 Å². The molecule has 1 aliphatic heterocycles. The van der Waals surface area contributed by atoms with Gasteiger partial charge < -0.3 is 14.5 Å². The first kappa shape index (κ1) is 16.2. The first-order valence-corrected chi connectivity index (χ1v) is 8.05. The maximum absolute atomic E-state index is 12.6. The molecular formula is C16H22N6O2. The van der Waals surface area contributed by atoms with E-state index in [-0.39, 0.29) is 11.9 Å². The largest absolute Gasteiger partial charge is 0.475 e. The summed E-state index contributed by atoms with van der Waals surface area (Å²) in [6, 6.07) is 1.85. The van der Waals surface area contributed by atoms with Crippen molar-refractivity contribution in [3.8, 4) is 5.88 Å². The maximum atomic E-state index is 12.6.